The molecule has 0 bridgehead atoms. The lowest BCUT2D eigenvalue weighted by Crippen LogP contribution is -1.98. The Kier molecular flexibility index (Phi) is 4.41. The Bertz CT molecular complexity index is 651. The predicted octanol–water partition coefficient (Wildman–Crippen LogP) is 5.92. The first kappa shape index (κ1) is 15.6. The molecule has 2 rings (SSSR count). The van der Waals surface area contributed by atoms with Gasteiger partial charge in [0.05, 0.1) is 0 Å². The standard InChI is InChI=1S/C20H26O/c1-12(2)16-9-7-14(5)11-18(16)19-15(6)8-10-17(13(3)4)20(19)21/h7-13,21H,1-6H3. The molecule has 0 saturated carbocycles. The molecule has 0 aromatic heterocycles. The number of phenols is 1. The summed E-state index contributed by atoms with van der Waals surface area (Å²) in [6.45, 7) is 12.8. The lowest BCUT2D eigenvalue weighted by molar-refractivity contribution is 0.466. The Morgan fingerprint density at radius 1 is 0.810 bits per heavy atom. The van der Waals surface area contributed by atoms with Crippen molar-refractivity contribution in [3.05, 3.63) is 52.6 Å². The molecule has 1 heteroatoms. The maximum Gasteiger partial charge on any atom is 0.127 e. The van der Waals surface area contributed by atoms with E-state index in [1.54, 1.807) is 0 Å². The lowest BCUT2D eigenvalue weighted by atomic mass is 9.86. The van der Waals surface area contributed by atoms with Gasteiger partial charge >= 0.3 is 0 Å². The van der Waals surface area contributed by atoms with Gasteiger partial charge in [-0.1, -0.05) is 63.6 Å². The fourth-order valence-electron chi connectivity index (χ4n) is 2.90. The third-order valence-electron chi connectivity index (χ3n) is 4.14. The number of hydrogen-bond donors (Lipinski definition) is 1. The minimum atomic E-state index is 0.316. The largest absolute Gasteiger partial charge is 0.507 e. The second-order valence-electron chi connectivity index (χ2n) is 6.60. The smallest absolute Gasteiger partial charge is 0.127 e. The van der Waals surface area contributed by atoms with Gasteiger partial charge in [0.15, 0.2) is 0 Å². The molecular weight excluding hydrogens is 256 g/mol. The summed E-state index contributed by atoms with van der Waals surface area (Å²) in [4.78, 5) is 0. The summed E-state index contributed by atoms with van der Waals surface area (Å²) in [5.41, 5.74) is 6.83. The van der Waals surface area contributed by atoms with Crippen LogP contribution in [0.3, 0.4) is 0 Å². The fourth-order valence-corrected chi connectivity index (χ4v) is 2.90. The van der Waals surface area contributed by atoms with Crippen molar-refractivity contribution in [2.24, 2.45) is 0 Å². The van der Waals surface area contributed by atoms with Crippen LogP contribution in [0.2, 0.25) is 0 Å². The molecule has 1 N–H and O–H groups in total. The van der Waals surface area contributed by atoms with Crippen molar-refractivity contribution in [1.29, 1.82) is 0 Å². The highest BCUT2D eigenvalue weighted by Crippen LogP contribution is 2.41. The van der Waals surface area contributed by atoms with Crippen molar-refractivity contribution >= 4 is 0 Å². The van der Waals surface area contributed by atoms with E-state index in [0.29, 0.717) is 17.6 Å². The molecule has 0 amide bonds. The molecule has 0 unspecified atom stereocenters. The van der Waals surface area contributed by atoms with Crippen LogP contribution in [0.5, 0.6) is 5.75 Å². The summed E-state index contributed by atoms with van der Waals surface area (Å²) < 4.78 is 0. The quantitative estimate of drug-likeness (QED) is 0.740. The van der Waals surface area contributed by atoms with Crippen LogP contribution in [0.1, 0.15) is 61.8 Å². The Morgan fingerprint density at radius 3 is 1.95 bits per heavy atom. The van der Waals surface area contributed by atoms with Crippen molar-refractivity contribution in [3.63, 3.8) is 0 Å². The van der Waals surface area contributed by atoms with Gasteiger partial charge in [-0.15, -0.1) is 0 Å². The van der Waals surface area contributed by atoms with Crippen LogP contribution in [0.15, 0.2) is 30.3 Å². The third-order valence-corrected chi connectivity index (χ3v) is 4.14. The van der Waals surface area contributed by atoms with E-state index in [9.17, 15) is 5.11 Å². The van der Waals surface area contributed by atoms with Crippen LogP contribution in [-0.4, -0.2) is 5.11 Å². The molecule has 112 valence electrons. The Morgan fingerprint density at radius 2 is 1.38 bits per heavy atom. The van der Waals surface area contributed by atoms with E-state index >= 15 is 0 Å². The highest BCUT2D eigenvalue weighted by molar-refractivity contribution is 5.78. The lowest BCUT2D eigenvalue weighted by Gasteiger charge is -2.20. The van der Waals surface area contributed by atoms with Crippen molar-refractivity contribution in [3.8, 4) is 16.9 Å². The molecule has 0 aliphatic carbocycles. The van der Waals surface area contributed by atoms with E-state index < -0.39 is 0 Å². The number of rotatable bonds is 3. The van der Waals surface area contributed by atoms with Crippen molar-refractivity contribution in [2.75, 3.05) is 0 Å². The Balaban J connectivity index is 2.78. The maximum atomic E-state index is 10.8. The zero-order valence-corrected chi connectivity index (χ0v) is 14.0. The van der Waals surface area contributed by atoms with Gasteiger partial charge in [0.2, 0.25) is 0 Å². The minimum absolute atomic E-state index is 0.316. The number of aryl methyl sites for hydroxylation is 2. The second kappa shape index (κ2) is 5.93. The maximum absolute atomic E-state index is 10.8. The van der Waals surface area contributed by atoms with Gasteiger partial charge in [-0.05, 0) is 47.9 Å². The van der Waals surface area contributed by atoms with E-state index in [0.717, 1.165) is 16.7 Å². The summed E-state index contributed by atoms with van der Waals surface area (Å²) in [5, 5.41) is 10.8. The Labute approximate surface area is 128 Å². The number of aromatic hydroxyl groups is 1. The topological polar surface area (TPSA) is 20.2 Å². The van der Waals surface area contributed by atoms with Gasteiger partial charge < -0.3 is 5.11 Å². The van der Waals surface area contributed by atoms with Crippen molar-refractivity contribution in [1.82, 2.24) is 0 Å². The highest BCUT2D eigenvalue weighted by atomic mass is 16.3. The van der Waals surface area contributed by atoms with E-state index in [-0.39, 0.29) is 0 Å². The highest BCUT2D eigenvalue weighted by Gasteiger charge is 2.18. The second-order valence-corrected chi connectivity index (χ2v) is 6.60. The van der Waals surface area contributed by atoms with Crippen LogP contribution in [-0.2, 0) is 0 Å². The van der Waals surface area contributed by atoms with Crippen molar-refractivity contribution in [2.45, 2.75) is 53.4 Å². The normalized spacial score (nSPS) is 11.4. The van der Waals surface area contributed by atoms with Gasteiger partial charge in [0.25, 0.3) is 0 Å². The molecule has 2 aromatic carbocycles. The Hall–Kier alpha value is -1.76. The van der Waals surface area contributed by atoms with E-state index in [4.69, 9.17) is 0 Å². The van der Waals surface area contributed by atoms with Gasteiger partial charge in [0, 0.05) is 5.56 Å². The summed E-state index contributed by atoms with van der Waals surface area (Å²) >= 11 is 0. The van der Waals surface area contributed by atoms with Crippen LogP contribution in [0.25, 0.3) is 11.1 Å². The van der Waals surface area contributed by atoms with Gasteiger partial charge in [-0.2, -0.15) is 0 Å². The molecule has 1 nitrogen and oxygen atoms in total. The van der Waals surface area contributed by atoms with Crippen LogP contribution < -0.4 is 0 Å². The van der Waals surface area contributed by atoms with Gasteiger partial charge in [-0.3, -0.25) is 0 Å². The molecule has 0 radical (unpaired) electrons. The molecule has 0 fully saturated rings. The van der Waals surface area contributed by atoms with Crippen LogP contribution in [0.4, 0.5) is 0 Å². The third kappa shape index (κ3) is 2.97. The predicted molar refractivity (Wildman–Crippen MR) is 91.2 cm³/mol. The first-order valence-corrected chi connectivity index (χ1v) is 7.76. The molecule has 0 saturated heterocycles. The molecular formula is C20H26O. The molecule has 0 spiro atoms. The van der Waals surface area contributed by atoms with E-state index in [1.807, 2.05) is 6.07 Å². The van der Waals surface area contributed by atoms with Gasteiger partial charge in [-0.25, -0.2) is 0 Å². The van der Waals surface area contributed by atoms with Gasteiger partial charge in [0.1, 0.15) is 5.75 Å². The molecule has 0 heterocycles. The zero-order valence-electron chi connectivity index (χ0n) is 14.0. The van der Waals surface area contributed by atoms with Crippen LogP contribution >= 0.6 is 0 Å². The number of benzene rings is 2. The first-order chi connectivity index (χ1) is 9.82. The molecule has 0 atom stereocenters. The summed E-state index contributed by atoms with van der Waals surface area (Å²) in [6.07, 6.45) is 0. The first-order valence-electron chi connectivity index (χ1n) is 7.76. The SMILES string of the molecule is Cc1ccc(C(C)C)c(-c2c(C)ccc(C(C)C)c2O)c1. The molecule has 0 aliphatic rings. The van der Waals surface area contributed by atoms with E-state index in [1.165, 1.54) is 16.7 Å². The zero-order chi connectivity index (χ0) is 15.7. The summed E-state index contributed by atoms with van der Waals surface area (Å²) in [5.74, 6) is 1.19. The van der Waals surface area contributed by atoms with Crippen LogP contribution in [0, 0.1) is 13.8 Å². The summed E-state index contributed by atoms with van der Waals surface area (Å²) in [6, 6.07) is 10.7. The fraction of sp³-hybridized carbons (Fsp3) is 0.400. The number of phenolic OH excluding ortho intramolecular Hbond substituents is 1. The van der Waals surface area contributed by atoms with Crippen molar-refractivity contribution < 1.29 is 5.11 Å². The summed E-state index contributed by atoms with van der Waals surface area (Å²) in [7, 11) is 0. The van der Waals surface area contributed by atoms with E-state index in [2.05, 4.69) is 65.8 Å². The molecule has 2 aromatic rings. The average molecular weight is 282 g/mol. The minimum Gasteiger partial charge on any atom is -0.507 e. The molecule has 0 aliphatic heterocycles. The monoisotopic (exact) mass is 282 g/mol. The average Bonchev–Trinajstić information content (AvgIpc) is 2.38. The molecule has 21 heavy (non-hydrogen) atoms. The number of hydrogen-bond acceptors (Lipinski definition) is 1.